The van der Waals surface area contributed by atoms with E-state index in [1.165, 1.54) is 0 Å². The minimum Gasteiger partial charge on any atom is -0.304 e. The van der Waals surface area contributed by atoms with Crippen molar-refractivity contribution in [1.29, 1.82) is 0 Å². The number of aromatic nitrogens is 2. The highest BCUT2D eigenvalue weighted by atomic mass is 32.2. The van der Waals surface area contributed by atoms with E-state index in [0.717, 1.165) is 17.1 Å². The van der Waals surface area contributed by atoms with Gasteiger partial charge >= 0.3 is 0 Å². The van der Waals surface area contributed by atoms with Crippen molar-refractivity contribution in [3.63, 3.8) is 0 Å². The molecule has 2 aromatic carbocycles. The lowest BCUT2D eigenvalue weighted by molar-refractivity contribution is 0.601. The number of imidazole rings is 1. The first-order valence-corrected chi connectivity index (χ1v) is 9.58. The van der Waals surface area contributed by atoms with Crippen LogP contribution in [0.3, 0.4) is 0 Å². The zero-order valence-electron chi connectivity index (χ0n) is 14.5. The maximum absolute atomic E-state index is 12.5. The van der Waals surface area contributed by atoms with Crippen LogP contribution in [0, 0.1) is 6.92 Å². The van der Waals surface area contributed by atoms with Gasteiger partial charge in [0, 0.05) is 23.8 Å². The van der Waals surface area contributed by atoms with Crippen LogP contribution in [0.25, 0.3) is 5.69 Å². The standard InChI is InChI=1S/C19H21N3O2S/c1-14(2)16-4-10-19(11-5-16)25(23,24)21-17-6-8-18(9-7-17)22-13-12-20-15(22)3/h4-14,21H,1-3H3. The number of benzene rings is 2. The molecule has 0 aliphatic rings. The van der Waals surface area contributed by atoms with E-state index < -0.39 is 10.0 Å². The molecule has 0 unspecified atom stereocenters. The Kier molecular flexibility index (Phi) is 4.63. The molecular weight excluding hydrogens is 334 g/mol. The summed E-state index contributed by atoms with van der Waals surface area (Å²) in [6.45, 7) is 6.06. The summed E-state index contributed by atoms with van der Waals surface area (Å²) in [7, 11) is -3.60. The van der Waals surface area contributed by atoms with Gasteiger partial charge in [-0.3, -0.25) is 4.72 Å². The minimum absolute atomic E-state index is 0.256. The van der Waals surface area contributed by atoms with Crippen LogP contribution < -0.4 is 4.72 Å². The fourth-order valence-corrected chi connectivity index (χ4v) is 3.65. The van der Waals surface area contributed by atoms with Crippen molar-refractivity contribution in [2.45, 2.75) is 31.6 Å². The topological polar surface area (TPSA) is 64.0 Å². The molecule has 0 spiro atoms. The minimum atomic E-state index is -3.60. The Bertz CT molecular complexity index is 957. The third-order valence-corrected chi connectivity index (χ3v) is 5.48. The summed E-state index contributed by atoms with van der Waals surface area (Å²) < 4.78 is 29.6. The number of anilines is 1. The maximum atomic E-state index is 12.5. The Morgan fingerprint density at radius 3 is 2.16 bits per heavy atom. The summed E-state index contributed by atoms with van der Waals surface area (Å²) >= 11 is 0. The molecule has 0 saturated carbocycles. The Morgan fingerprint density at radius 2 is 1.64 bits per heavy atom. The van der Waals surface area contributed by atoms with Gasteiger partial charge in [0.2, 0.25) is 0 Å². The molecule has 0 amide bonds. The molecule has 3 rings (SSSR count). The quantitative estimate of drug-likeness (QED) is 0.749. The molecule has 6 heteroatoms. The van der Waals surface area contributed by atoms with Gasteiger partial charge in [-0.2, -0.15) is 0 Å². The first-order valence-electron chi connectivity index (χ1n) is 8.10. The molecule has 1 heterocycles. The largest absolute Gasteiger partial charge is 0.304 e. The SMILES string of the molecule is Cc1nccn1-c1ccc(NS(=O)(=O)c2ccc(C(C)C)cc2)cc1. The molecule has 1 N–H and O–H groups in total. The van der Waals surface area contributed by atoms with Gasteiger partial charge in [0.1, 0.15) is 5.82 Å². The van der Waals surface area contributed by atoms with Gasteiger partial charge < -0.3 is 4.57 Å². The van der Waals surface area contributed by atoms with Crippen molar-refractivity contribution in [3.05, 3.63) is 72.3 Å². The highest BCUT2D eigenvalue weighted by Crippen LogP contribution is 2.21. The second-order valence-corrected chi connectivity index (χ2v) is 7.90. The zero-order chi connectivity index (χ0) is 18.0. The second kappa shape index (κ2) is 6.72. The first kappa shape index (κ1) is 17.2. The molecule has 25 heavy (non-hydrogen) atoms. The van der Waals surface area contributed by atoms with Gasteiger partial charge in [0.15, 0.2) is 0 Å². The van der Waals surface area contributed by atoms with Crippen molar-refractivity contribution in [2.24, 2.45) is 0 Å². The van der Waals surface area contributed by atoms with Crippen LogP contribution in [0.1, 0.15) is 31.2 Å². The smallest absolute Gasteiger partial charge is 0.261 e. The van der Waals surface area contributed by atoms with Gasteiger partial charge in [-0.05, 0) is 54.8 Å². The number of hydrogen-bond donors (Lipinski definition) is 1. The fraction of sp³-hybridized carbons (Fsp3) is 0.211. The Balaban J connectivity index is 1.80. The van der Waals surface area contributed by atoms with E-state index in [2.05, 4.69) is 23.6 Å². The van der Waals surface area contributed by atoms with Crippen LogP contribution >= 0.6 is 0 Å². The highest BCUT2D eigenvalue weighted by Gasteiger charge is 2.14. The van der Waals surface area contributed by atoms with Crippen molar-refractivity contribution in [1.82, 2.24) is 9.55 Å². The monoisotopic (exact) mass is 355 g/mol. The van der Waals surface area contributed by atoms with E-state index in [-0.39, 0.29) is 4.90 Å². The van der Waals surface area contributed by atoms with Gasteiger partial charge in [-0.1, -0.05) is 26.0 Å². The lowest BCUT2D eigenvalue weighted by Crippen LogP contribution is -2.13. The van der Waals surface area contributed by atoms with Crippen LogP contribution in [0.2, 0.25) is 0 Å². The summed E-state index contributed by atoms with van der Waals surface area (Å²) in [4.78, 5) is 4.44. The molecule has 0 bridgehead atoms. The number of sulfonamides is 1. The molecule has 0 atom stereocenters. The number of nitrogens with zero attached hydrogens (tertiary/aromatic N) is 2. The van der Waals surface area contributed by atoms with Crippen LogP contribution in [0.4, 0.5) is 5.69 Å². The second-order valence-electron chi connectivity index (χ2n) is 6.22. The van der Waals surface area contributed by atoms with Crippen molar-refractivity contribution >= 4 is 15.7 Å². The molecule has 0 fully saturated rings. The summed E-state index contributed by atoms with van der Waals surface area (Å²) in [5.74, 6) is 1.24. The van der Waals surface area contributed by atoms with E-state index in [1.807, 2.05) is 42.0 Å². The molecule has 0 aliphatic heterocycles. The number of nitrogens with one attached hydrogen (secondary N) is 1. The third-order valence-electron chi connectivity index (χ3n) is 4.08. The Labute approximate surface area is 148 Å². The number of aryl methyl sites for hydroxylation is 1. The molecule has 1 aromatic heterocycles. The van der Waals surface area contributed by atoms with E-state index in [1.54, 1.807) is 30.5 Å². The van der Waals surface area contributed by atoms with E-state index in [4.69, 9.17) is 0 Å². The average molecular weight is 355 g/mol. The van der Waals surface area contributed by atoms with Crippen molar-refractivity contribution < 1.29 is 8.42 Å². The summed E-state index contributed by atoms with van der Waals surface area (Å²) in [5.41, 5.74) is 2.56. The van der Waals surface area contributed by atoms with Gasteiger partial charge in [0.25, 0.3) is 10.0 Å². The number of hydrogen-bond acceptors (Lipinski definition) is 3. The van der Waals surface area contributed by atoms with Crippen molar-refractivity contribution in [2.75, 3.05) is 4.72 Å². The Hall–Kier alpha value is -2.60. The lowest BCUT2D eigenvalue weighted by Gasteiger charge is -2.11. The molecular formula is C19H21N3O2S. The van der Waals surface area contributed by atoms with Gasteiger partial charge in [-0.15, -0.1) is 0 Å². The van der Waals surface area contributed by atoms with Crippen LogP contribution in [-0.4, -0.2) is 18.0 Å². The highest BCUT2D eigenvalue weighted by molar-refractivity contribution is 7.92. The van der Waals surface area contributed by atoms with E-state index in [9.17, 15) is 8.42 Å². The van der Waals surface area contributed by atoms with Crippen LogP contribution in [-0.2, 0) is 10.0 Å². The maximum Gasteiger partial charge on any atom is 0.261 e. The molecule has 3 aromatic rings. The molecule has 0 radical (unpaired) electrons. The average Bonchev–Trinajstić information content (AvgIpc) is 3.01. The van der Waals surface area contributed by atoms with E-state index >= 15 is 0 Å². The molecule has 0 saturated heterocycles. The van der Waals surface area contributed by atoms with Crippen LogP contribution in [0.5, 0.6) is 0 Å². The first-order chi connectivity index (χ1) is 11.9. The van der Waals surface area contributed by atoms with E-state index in [0.29, 0.717) is 11.6 Å². The predicted octanol–water partition coefficient (Wildman–Crippen LogP) is 4.10. The Morgan fingerprint density at radius 1 is 1.00 bits per heavy atom. The van der Waals surface area contributed by atoms with Gasteiger partial charge in [0.05, 0.1) is 4.90 Å². The predicted molar refractivity (Wildman–Crippen MR) is 99.6 cm³/mol. The zero-order valence-corrected chi connectivity index (χ0v) is 15.3. The third kappa shape index (κ3) is 3.74. The fourth-order valence-electron chi connectivity index (χ4n) is 2.59. The summed E-state index contributed by atoms with van der Waals surface area (Å²) in [5, 5.41) is 0. The molecule has 0 aliphatic carbocycles. The molecule has 5 nitrogen and oxygen atoms in total. The molecule has 130 valence electrons. The van der Waals surface area contributed by atoms with Gasteiger partial charge in [-0.25, -0.2) is 13.4 Å². The normalized spacial score (nSPS) is 11.7. The van der Waals surface area contributed by atoms with Crippen LogP contribution in [0.15, 0.2) is 65.8 Å². The summed E-state index contributed by atoms with van der Waals surface area (Å²) in [6.07, 6.45) is 3.59. The summed E-state index contributed by atoms with van der Waals surface area (Å²) in [6, 6.07) is 14.2. The number of rotatable bonds is 5. The van der Waals surface area contributed by atoms with Crippen molar-refractivity contribution in [3.8, 4) is 5.69 Å². The lowest BCUT2D eigenvalue weighted by atomic mass is 10.0.